The molecule has 0 bridgehead atoms. The Bertz CT molecular complexity index is 1390. The van der Waals surface area contributed by atoms with Gasteiger partial charge in [0.2, 0.25) is 11.9 Å². The molecule has 4 heterocycles. The SMILES string of the molecule is C=CC(=O)N1CCN(c2nc(N3CC(CN(C)C)C3)nc3c2C[C@@H](C)[C@H](c2c(Cl)ccc4[nH]ncc24)C3)CC1. The fraction of sp³-hybridized carbons (Fsp3) is 0.517. The van der Waals surface area contributed by atoms with Crippen LogP contribution in [-0.4, -0.2) is 95.8 Å². The van der Waals surface area contributed by atoms with Crippen LogP contribution in [0.2, 0.25) is 5.02 Å². The van der Waals surface area contributed by atoms with Crippen molar-refractivity contribution in [1.29, 1.82) is 0 Å². The van der Waals surface area contributed by atoms with E-state index >= 15 is 0 Å². The zero-order chi connectivity index (χ0) is 27.3. The molecule has 206 valence electrons. The highest BCUT2D eigenvalue weighted by atomic mass is 35.5. The zero-order valence-corrected chi connectivity index (χ0v) is 23.8. The van der Waals surface area contributed by atoms with Crippen LogP contribution in [0.3, 0.4) is 0 Å². The molecule has 0 unspecified atom stereocenters. The lowest BCUT2D eigenvalue weighted by molar-refractivity contribution is -0.126. The predicted molar refractivity (Wildman–Crippen MR) is 156 cm³/mol. The summed E-state index contributed by atoms with van der Waals surface area (Å²) in [5.41, 5.74) is 4.53. The van der Waals surface area contributed by atoms with Crippen molar-refractivity contribution in [3.8, 4) is 0 Å². The van der Waals surface area contributed by atoms with Crippen molar-refractivity contribution in [3.63, 3.8) is 0 Å². The number of carbonyl (C=O) groups is 1. The minimum Gasteiger partial charge on any atom is -0.353 e. The Morgan fingerprint density at radius 1 is 1.15 bits per heavy atom. The first-order valence-electron chi connectivity index (χ1n) is 13.9. The van der Waals surface area contributed by atoms with Gasteiger partial charge >= 0.3 is 0 Å². The van der Waals surface area contributed by atoms with E-state index in [9.17, 15) is 4.79 Å². The van der Waals surface area contributed by atoms with Gasteiger partial charge in [0.15, 0.2) is 0 Å². The fourth-order valence-electron chi connectivity index (χ4n) is 6.57. The van der Waals surface area contributed by atoms with Crippen molar-refractivity contribution in [3.05, 3.63) is 52.8 Å². The Kier molecular flexibility index (Phi) is 6.97. The molecule has 9 nitrogen and oxygen atoms in total. The number of fused-ring (bicyclic) bond motifs is 2. The normalized spacial score (nSPS) is 21.8. The molecule has 2 aliphatic heterocycles. The number of amides is 1. The molecule has 2 saturated heterocycles. The van der Waals surface area contributed by atoms with Crippen LogP contribution in [0, 0.1) is 11.8 Å². The van der Waals surface area contributed by atoms with E-state index in [-0.39, 0.29) is 11.8 Å². The number of aromatic nitrogens is 4. The molecule has 10 heteroatoms. The predicted octanol–water partition coefficient (Wildman–Crippen LogP) is 3.36. The van der Waals surface area contributed by atoms with Gasteiger partial charge in [0.05, 0.1) is 17.4 Å². The van der Waals surface area contributed by atoms with Crippen molar-refractivity contribution >= 4 is 40.2 Å². The van der Waals surface area contributed by atoms with Crippen molar-refractivity contribution in [1.82, 2.24) is 30.0 Å². The van der Waals surface area contributed by atoms with E-state index in [4.69, 9.17) is 21.6 Å². The molecule has 0 saturated carbocycles. The summed E-state index contributed by atoms with van der Waals surface area (Å²) in [6.07, 6.45) is 4.99. The van der Waals surface area contributed by atoms with Crippen LogP contribution < -0.4 is 9.80 Å². The first-order chi connectivity index (χ1) is 18.8. The van der Waals surface area contributed by atoms with Gasteiger partial charge in [-0.15, -0.1) is 0 Å². The lowest BCUT2D eigenvalue weighted by Crippen LogP contribution is -2.52. The van der Waals surface area contributed by atoms with E-state index in [1.807, 2.05) is 23.2 Å². The number of rotatable bonds is 6. The molecule has 0 radical (unpaired) electrons. The number of hydrogen-bond donors (Lipinski definition) is 1. The van der Waals surface area contributed by atoms with Gasteiger partial charge in [-0.2, -0.15) is 10.1 Å². The maximum absolute atomic E-state index is 12.2. The summed E-state index contributed by atoms with van der Waals surface area (Å²) in [4.78, 5) is 31.4. The summed E-state index contributed by atoms with van der Waals surface area (Å²) in [5, 5.41) is 9.27. The number of anilines is 2. The van der Waals surface area contributed by atoms with Crippen molar-refractivity contribution in [2.45, 2.75) is 25.7 Å². The van der Waals surface area contributed by atoms with Gasteiger partial charge in [-0.3, -0.25) is 9.89 Å². The fourth-order valence-corrected chi connectivity index (χ4v) is 6.87. The number of hydrogen-bond acceptors (Lipinski definition) is 7. The first kappa shape index (κ1) is 26.1. The molecule has 1 amide bonds. The van der Waals surface area contributed by atoms with Crippen LogP contribution in [0.5, 0.6) is 0 Å². The van der Waals surface area contributed by atoms with Crippen LogP contribution >= 0.6 is 11.6 Å². The van der Waals surface area contributed by atoms with Crippen LogP contribution in [0.1, 0.15) is 29.7 Å². The molecule has 1 aromatic carbocycles. The summed E-state index contributed by atoms with van der Waals surface area (Å²) in [5.74, 6) is 3.08. The van der Waals surface area contributed by atoms with Gasteiger partial charge in [0.1, 0.15) is 5.82 Å². The second kappa shape index (κ2) is 10.4. The third-order valence-electron chi connectivity index (χ3n) is 8.60. The van der Waals surface area contributed by atoms with Gasteiger partial charge in [0.25, 0.3) is 0 Å². The second-order valence-corrected chi connectivity index (χ2v) is 12.0. The average molecular weight is 549 g/mol. The number of H-pyrrole nitrogens is 1. The monoisotopic (exact) mass is 548 g/mol. The van der Waals surface area contributed by atoms with Gasteiger partial charge in [-0.25, -0.2) is 4.98 Å². The smallest absolute Gasteiger partial charge is 0.246 e. The first-order valence-corrected chi connectivity index (χ1v) is 14.3. The Morgan fingerprint density at radius 2 is 1.92 bits per heavy atom. The van der Waals surface area contributed by atoms with E-state index in [1.165, 1.54) is 11.6 Å². The molecule has 0 spiro atoms. The van der Waals surface area contributed by atoms with E-state index in [0.29, 0.717) is 24.9 Å². The number of aromatic amines is 1. The number of nitrogens with zero attached hydrogens (tertiary/aromatic N) is 7. The standard InChI is InChI=1S/C29H37ClN8O/c1-5-26(39)36-8-10-37(11-9-36)28-21-12-18(2)20(27-22-14-31-34-24(22)7-6-23(27)30)13-25(21)32-29(33-28)38-16-19(17-38)15-35(3)4/h5-7,14,18-20H,1,8-13,15-17H2,2-4H3,(H,31,34)/t18-,20-/m1/s1. The Labute approximate surface area is 234 Å². The Balaban J connectivity index is 1.34. The van der Waals surface area contributed by atoms with Crippen molar-refractivity contribution in [2.24, 2.45) is 11.8 Å². The lowest BCUT2D eigenvalue weighted by Gasteiger charge is -2.42. The van der Waals surface area contributed by atoms with Crippen LogP contribution in [0.15, 0.2) is 31.0 Å². The van der Waals surface area contributed by atoms with Gasteiger partial charge in [-0.05, 0) is 62.5 Å². The number of carbonyl (C=O) groups excluding carboxylic acids is 1. The zero-order valence-electron chi connectivity index (χ0n) is 23.0. The van der Waals surface area contributed by atoms with Crippen molar-refractivity contribution in [2.75, 3.05) is 69.7 Å². The maximum atomic E-state index is 12.2. The van der Waals surface area contributed by atoms with Gasteiger partial charge < -0.3 is 19.6 Å². The Morgan fingerprint density at radius 3 is 2.64 bits per heavy atom. The molecular weight excluding hydrogens is 512 g/mol. The highest BCUT2D eigenvalue weighted by molar-refractivity contribution is 6.32. The highest BCUT2D eigenvalue weighted by Crippen LogP contribution is 2.44. The summed E-state index contributed by atoms with van der Waals surface area (Å²) in [6, 6.07) is 3.98. The van der Waals surface area contributed by atoms with Crippen LogP contribution in [0.4, 0.5) is 11.8 Å². The molecular formula is C29H37ClN8O. The molecule has 1 N–H and O–H groups in total. The van der Waals surface area contributed by atoms with Crippen LogP contribution in [0.25, 0.3) is 10.9 Å². The van der Waals surface area contributed by atoms with Gasteiger partial charge in [0, 0.05) is 67.7 Å². The largest absolute Gasteiger partial charge is 0.353 e. The Hall–Kier alpha value is -3.17. The second-order valence-electron chi connectivity index (χ2n) is 11.6. The molecule has 2 atom stereocenters. The van der Waals surface area contributed by atoms with E-state index in [1.54, 1.807) is 0 Å². The number of halogens is 1. The quantitative estimate of drug-likeness (QED) is 0.473. The molecule has 2 aromatic heterocycles. The molecule has 6 rings (SSSR count). The minimum absolute atomic E-state index is 0.00525. The number of benzene rings is 1. The average Bonchev–Trinajstić information content (AvgIpc) is 3.38. The third-order valence-corrected chi connectivity index (χ3v) is 8.93. The van der Waals surface area contributed by atoms with Crippen molar-refractivity contribution < 1.29 is 4.79 Å². The number of piperazine rings is 1. The topological polar surface area (TPSA) is 84.5 Å². The molecule has 1 aliphatic carbocycles. The summed E-state index contributed by atoms with van der Waals surface area (Å²) in [7, 11) is 4.25. The maximum Gasteiger partial charge on any atom is 0.246 e. The lowest BCUT2D eigenvalue weighted by atomic mass is 9.74. The molecule has 39 heavy (non-hydrogen) atoms. The molecule has 2 fully saturated rings. The van der Waals surface area contributed by atoms with Crippen LogP contribution in [-0.2, 0) is 17.6 Å². The number of nitrogens with one attached hydrogen (secondary N) is 1. The van der Waals surface area contributed by atoms with E-state index < -0.39 is 0 Å². The molecule has 3 aromatic rings. The van der Waals surface area contributed by atoms with E-state index in [0.717, 1.165) is 84.5 Å². The third kappa shape index (κ3) is 4.87. The molecule has 3 aliphatic rings. The summed E-state index contributed by atoms with van der Waals surface area (Å²) in [6.45, 7) is 11.8. The summed E-state index contributed by atoms with van der Waals surface area (Å²) < 4.78 is 0. The highest BCUT2D eigenvalue weighted by Gasteiger charge is 2.37. The summed E-state index contributed by atoms with van der Waals surface area (Å²) >= 11 is 6.83. The van der Waals surface area contributed by atoms with E-state index in [2.05, 4.69) is 52.5 Å². The minimum atomic E-state index is -0.00525. The van der Waals surface area contributed by atoms with Gasteiger partial charge in [-0.1, -0.05) is 25.1 Å².